The van der Waals surface area contributed by atoms with Gasteiger partial charge in [0.15, 0.2) is 0 Å². The first-order valence-electron chi connectivity index (χ1n) is 14.7. The Morgan fingerprint density at radius 3 is 1.31 bits per heavy atom. The highest BCUT2D eigenvalue weighted by atomic mass is 32.2. The fourth-order valence-electron chi connectivity index (χ4n) is 6.05. The summed E-state index contributed by atoms with van der Waals surface area (Å²) >= 11 is 0. The predicted octanol–water partition coefficient (Wildman–Crippen LogP) is 3.81. The molecule has 2 aromatic heterocycles. The molecule has 0 bridgehead atoms. The normalized spacial score (nSPS) is 17.8. The molecule has 0 aliphatic carbocycles. The summed E-state index contributed by atoms with van der Waals surface area (Å²) in [6.45, 7) is 11.1. The number of aromatic amines is 2. The summed E-state index contributed by atoms with van der Waals surface area (Å²) in [5, 5.41) is 5.76. The maximum Gasteiger partial charge on any atom is 0.265 e. The molecule has 2 amide bonds. The zero-order chi connectivity index (χ0) is 33.4. The zero-order valence-corrected chi connectivity index (χ0v) is 27.9. The Hall–Kier alpha value is -3.72. The number of carbonyl (C=O) groups excluding carboxylic acids is 2. The van der Waals surface area contributed by atoms with Gasteiger partial charge in [-0.2, -0.15) is 16.8 Å². The molecule has 4 rings (SSSR count). The van der Waals surface area contributed by atoms with Gasteiger partial charge in [-0.05, 0) is 98.9 Å². The van der Waals surface area contributed by atoms with Crippen molar-refractivity contribution in [3.8, 4) is 0 Å². The van der Waals surface area contributed by atoms with E-state index in [1.165, 1.54) is 0 Å². The van der Waals surface area contributed by atoms with Crippen molar-refractivity contribution in [2.75, 3.05) is 11.5 Å². The zero-order valence-electron chi connectivity index (χ0n) is 26.3. The number of rotatable bonds is 12. The summed E-state index contributed by atoms with van der Waals surface area (Å²) in [6.07, 6.45) is 5.10. The van der Waals surface area contributed by atoms with Crippen LogP contribution < -0.4 is 10.6 Å². The summed E-state index contributed by atoms with van der Waals surface area (Å²) < 4.78 is 65.9. The van der Waals surface area contributed by atoms with Crippen molar-refractivity contribution in [2.24, 2.45) is 0 Å². The molecule has 0 aromatic carbocycles. The Morgan fingerprint density at radius 1 is 0.644 bits per heavy atom. The van der Waals surface area contributed by atoms with Crippen LogP contribution in [0.4, 0.5) is 0 Å². The van der Waals surface area contributed by atoms with Gasteiger partial charge in [0.05, 0.1) is 11.5 Å². The summed E-state index contributed by atoms with van der Waals surface area (Å²) in [5.74, 6) is -1.38. The van der Waals surface area contributed by atoms with E-state index in [4.69, 9.17) is 0 Å². The van der Waals surface area contributed by atoms with Crippen LogP contribution in [-0.2, 0) is 49.1 Å². The molecule has 12 nitrogen and oxygen atoms in total. The maximum absolute atomic E-state index is 12.3. The van der Waals surface area contributed by atoms with Gasteiger partial charge in [-0.15, -0.1) is 0 Å². The fraction of sp³-hybridized carbons (Fsp3) is 0.419. The topological polar surface area (TPSA) is 199 Å². The molecular formula is C31H40N4O8S2. The quantitative estimate of drug-likeness (QED) is 0.185. The molecule has 2 aromatic rings. The van der Waals surface area contributed by atoms with Gasteiger partial charge in [0.2, 0.25) is 0 Å². The van der Waals surface area contributed by atoms with E-state index in [0.29, 0.717) is 69.3 Å². The number of carbonyl (C=O) groups is 2. The second-order valence-corrected chi connectivity index (χ2v) is 14.6. The number of hydrogen-bond donors (Lipinski definition) is 6. The van der Waals surface area contributed by atoms with Crippen LogP contribution in [0.2, 0.25) is 0 Å². The molecule has 4 heterocycles. The highest BCUT2D eigenvalue weighted by Crippen LogP contribution is 2.32. The lowest BCUT2D eigenvalue weighted by Crippen LogP contribution is -2.15. The van der Waals surface area contributed by atoms with Crippen molar-refractivity contribution >= 4 is 44.2 Å². The van der Waals surface area contributed by atoms with Crippen LogP contribution in [0.25, 0.3) is 12.2 Å². The highest BCUT2D eigenvalue weighted by molar-refractivity contribution is 7.86. The van der Waals surface area contributed by atoms with Gasteiger partial charge in [-0.25, -0.2) is 0 Å². The van der Waals surface area contributed by atoms with E-state index in [2.05, 4.69) is 20.6 Å². The van der Waals surface area contributed by atoms with E-state index in [-0.39, 0.29) is 31.1 Å². The molecule has 244 valence electrons. The Bertz CT molecular complexity index is 1780. The molecule has 0 saturated heterocycles. The van der Waals surface area contributed by atoms with E-state index in [1.54, 1.807) is 13.8 Å². The van der Waals surface area contributed by atoms with Gasteiger partial charge >= 0.3 is 0 Å². The third-order valence-electron chi connectivity index (χ3n) is 8.60. The first-order valence-corrected chi connectivity index (χ1v) is 17.9. The molecule has 0 spiro atoms. The first kappa shape index (κ1) is 34.2. The molecule has 0 fully saturated rings. The van der Waals surface area contributed by atoms with E-state index >= 15 is 0 Å². The van der Waals surface area contributed by atoms with Gasteiger partial charge in [0.1, 0.15) is 0 Å². The summed E-state index contributed by atoms with van der Waals surface area (Å²) in [4.78, 5) is 31.4. The van der Waals surface area contributed by atoms with Gasteiger partial charge < -0.3 is 20.6 Å². The minimum atomic E-state index is -4.28. The second kappa shape index (κ2) is 12.9. The van der Waals surface area contributed by atoms with E-state index in [1.807, 2.05) is 39.8 Å². The predicted molar refractivity (Wildman–Crippen MR) is 172 cm³/mol. The third kappa shape index (κ3) is 7.57. The number of nitrogens with one attached hydrogen (secondary N) is 4. The van der Waals surface area contributed by atoms with Crippen LogP contribution in [0.3, 0.4) is 0 Å². The lowest BCUT2D eigenvalue weighted by atomic mass is 10.00. The van der Waals surface area contributed by atoms with Crippen molar-refractivity contribution in [3.63, 3.8) is 0 Å². The SMILES string of the molecule is CCC1=C(C)C(=O)N/C1=C\c1[nH]c(Cc2[nH]c(/C=C3\NC(=O)C(C)=C3CC)c(C)c2CCS(=O)(=O)O)c(CCS(=O)(=O)O)c1C. The Morgan fingerprint density at radius 2 is 1.00 bits per heavy atom. The van der Waals surface area contributed by atoms with Crippen molar-refractivity contribution in [1.82, 2.24) is 20.6 Å². The summed E-state index contributed by atoms with van der Waals surface area (Å²) in [5.41, 5.74) is 9.65. The summed E-state index contributed by atoms with van der Waals surface area (Å²) in [7, 11) is -8.56. The van der Waals surface area contributed by atoms with Crippen molar-refractivity contribution in [2.45, 2.75) is 73.6 Å². The standard InChI is InChI=1S/C31H40N4O8S2/c1-7-20-18(5)30(36)34-26(20)13-24-16(3)22(9-11-44(38,39)40)28(32-24)15-29-23(10-12-45(41,42)43)17(4)25(33-29)14-27-21(8-2)19(6)31(37)35-27/h13-14,32-33H,7-12,15H2,1-6H3,(H,34,36)(H,35,37)(H,38,39,40)(H,41,42,43)/b26-13-,27-14-. The van der Waals surface area contributed by atoms with Crippen LogP contribution >= 0.6 is 0 Å². The molecule has 0 atom stereocenters. The molecule has 0 unspecified atom stereocenters. The number of hydrogen-bond acceptors (Lipinski definition) is 6. The van der Waals surface area contributed by atoms with Gasteiger partial charge in [0, 0.05) is 51.7 Å². The van der Waals surface area contributed by atoms with Crippen molar-refractivity contribution < 1.29 is 35.5 Å². The van der Waals surface area contributed by atoms with Gasteiger partial charge in [0.25, 0.3) is 32.1 Å². The minimum Gasteiger partial charge on any atom is -0.358 e. The van der Waals surface area contributed by atoms with Crippen molar-refractivity contribution in [1.29, 1.82) is 0 Å². The third-order valence-corrected chi connectivity index (χ3v) is 10.0. The van der Waals surface area contributed by atoms with Crippen LogP contribution in [0.1, 0.15) is 85.6 Å². The monoisotopic (exact) mass is 660 g/mol. The van der Waals surface area contributed by atoms with Gasteiger partial charge in [-0.1, -0.05) is 13.8 Å². The molecule has 0 radical (unpaired) electrons. The largest absolute Gasteiger partial charge is 0.358 e. The molecule has 6 N–H and O–H groups in total. The molecule has 2 aliphatic rings. The highest BCUT2D eigenvalue weighted by Gasteiger charge is 2.26. The second-order valence-electron chi connectivity index (χ2n) is 11.4. The molecule has 14 heteroatoms. The van der Waals surface area contributed by atoms with Crippen LogP contribution in [-0.4, -0.2) is 59.2 Å². The number of allylic oxidation sites excluding steroid dienone is 2. The molecule has 45 heavy (non-hydrogen) atoms. The number of amides is 2. The van der Waals surface area contributed by atoms with Crippen molar-refractivity contribution in [3.05, 3.63) is 78.7 Å². The fourth-order valence-corrected chi connectivity index (χ4v) is 6.98. The minimum absolute atomic E-state index is 0.00838. The molecule has 2 aliphatic heterocycles. The van der Waals surface area contributed by atoms with E-state index in [0.717, 1.165) is 22.3 Å². The Balaban J connectivity index is 1.84. The number of H-pyrrole nitrogens is 2. The van der Waals surface area contributed by atoms with Gasteiger partial charge in [-0.3, -0.25) is 18.7 Å². The lowest BCUT2D eigenvalue weighted by molar-refractivity contribution is -0.117. The van der Waals surface area contributed by atoms with E-state index < -0.39 is 31.7 Å². The Kier molecular flexibility index (Phi) is 9.83. The molecule has 0 saturated carbocycles. The average Bonchev–Trinajstić information content (AvgIpc) is 3.58. The summed E-state index contributed by atoms with van der Waals surface area (Å²) in [6, 6.07) is 0. The molecular weight excluding hydrogens is 620 g/mol. The Labute approximate surface area is 263 Å². The average molecular weight is 661 g/mol. The van der Waals surface area contributed by atoms with Crippen LogP contribution in [0.15, 0.2) is 33.7 Å². The van der Waals surface area contributed by atoms with Crippen LogP contribution in [0, 0.1) is 13.8 Å². The van der Waals surface area contributed by atoms with Crippen LogP contribution in [0.5, 0.6) is 0 Å². The van der Waals surface area contributed by atoms with E-state index in [9.17, 15) is 35.5 Å². The first-order chi connectivity index (χ1) is 20.9. The smallest absolute Gasteiger partial charge is 0.265 e. The number of aromatic nitrogens is 2. The maximum atomic E-state index is 12.3. The lowest BCUT2D eigenvalue weighted by Gasteiger charge is -2.07.